The van der Waals surface area contributed by atoms with E-state index in [9.17, 15) is 41.3 Å². The summed E-state index contributed by atoms with van der Waals surface area (Å²) in [4.78, 5) is 0. The average molecular weight is 725 g/mol. The summed E-state index contributed by atoms with van der Waals surface area (Å²) in [7, 11) is -9.66. The van der Waals surface area contributed by atoms with E-state index in [-0.39, 0.29) is 35.5 Å². The van der Waals surface area contributed by atoms with Gasteiger partial charge in [-0.05, 0) is 106 Å². The summed E-state index contributed by atoms with van der Waals surface area (Å²) >= 11 is 0. The first-order valence-corrected chi connectivity index (χ1v) is 20.2. The molecule has 5 rings (SSSR count). The van der Waals surface area contributed by atoms with Gasteiger partial charge < -0.3 is 24.8 Å². The molecule has 5 aliphatic rings. The molecule has 0 bridgehead atoms. The maximum Gasteiger partial charge on any atom is 0.397 e. The topological polar surface area (TPSA) is 206 Å². The Morgan fingerprint density at radius 1 is 1.00 bits per heavy atom. The minimum atomic E-state index is -4.95. The first-order valence-electron chi connectivity index (χ1n) is 17.5. The summed E-state index contributed by atoms with van der Waals surface area (Å²) in [5.41, 5.74) is -0.133. The fourth-order valence-electron chi connectivity index (χ4n) is 10.5. The van der Waals surface area contributed by atoms with Crippen molar-refractivity contribution in [1.29, 1.82) is 0 Å². The second-order valence-electron chi connectivity index (χ2n) is 16.4. The van der Waals surface area contributed by atoms with Crippen molar-refractivity contribution in [2.75, 3.05) is 0 Å². The highest BCUT2D eigenvalue weighted by molar-refractivity contribution is 7.81. The Labute approximate surface area is 285 Å². The molecule has 5 N–H and O–H groups in total. The molecular weight excluding hydrogens is 668 g/mol. The number of fused-ring (bicyclic) bond motifs is 5. The van der Waals surface area contributed by atoms with Gasteiger partial charge in [0.2, 0.25) is 0 Å². The smallest absolute Gasteiger partial charge is 0.390 e. The zero-order valence-electron chi connectivity index (χ0n) is 28.9. The largest absolute Gasteiger partial charge is 0.397 e. The summed E-state index contributed by atoms with van der Waals surface area (Å²) < 4.78 is 86.9. The van der Waals surface area contributed by atoms with Gasteiger partial charge >= 0.3 is 20.8 Å². The monoisotopic (exact) mass is 724 g/mol. The Balaban J connectivity index is 1.44. The molecule has 0 spiro atoms. The summed E-state index contributed by atoms with van der Waals surface area (Å²) in [6.45, 7) is 12.2. The van der Waals surface area contributed by atoms with Gasteiger partial charge in [-0.15, -0.1) is 0 Å². The van der Waals surface area contributed by atoms with Crippen molar-refractivity contribution in [3.63, 3.8) is 0 Å². The van der Waals surface area contributed by atoms with E-state index in [1.165, 1.54) is 12.5 Å². The quantitative estimate of drug-likeness (QED) is 0.151. The van der Waals surface area contributed by atoms with E-state index in [1.54, 1.807) is 0 Å². The van der Waals surface area contributed by atoms with Gasteiger partial charge in [0.25, 0.3) is 0 Å². The zero-order chi connectivity index (χ0) is 35.6. The van der Waals surface area contributed by atoms with Crippen LogP contribution in [0.1, 0.15) is 106 Å². The standard InChI is InChI=1S/C33H56O13S2/c1-18(2)8-7-13-33(6,36)26-10-9-22-21-17-25(44-30-28(35)27(34)29(19(3)43-30)46-48(40,41)42)24-16-20(45-47(37,38)39)11-14-31(24,4)23(21)12-15-32(22,26)5/h12,18-22,24-30,34-36H,7-11,13-17H2,1-6H3,(H,37,38,39)(H,40,41,42)/t19-,20+,21+,22+,24-,25+,26+,27+,28-,29-,30+,31-,32+,33+/m1/s1. The lowest BCUT2D eigenvalue weighted by molar-refractivity contribution is -0.312. The van der Waals surface area contributed by atoms with E-state index in [2.05, 4.69) is 38.0 Å². The van der Waals surface area contributed by atoms with Crippen molar-refractivity contribution in [2.45, 2.75) is 154 Å². The molecule has 14 atom stereocenters. The molecule has 3 saturated carbocycles. The minimum absolute atomic E-state index is 0.0733. The van der Waals surface area contributed by atoms with Crippen LogP contribution < -0.4 is 0 Å². The van der Waals surface area contributed by atoms with Gasteiger partial charge in [-0.2, -0.15) is 16.8 Å². The van der Waals surface area contributed by atoms with Gasteiger partial charge in [0.05, 0.1) is 23.9 Å². The number of aliphatic hydroxyl groups is 3. The van der Waals surface area contributed by atoms with Crippen molar-refractivity contribution in [2.24, 2.45) is 40.4 Å². The maximum atomic E-state index is 11.9. The fourth-order valence-corrected chi connectivity index (χ4v) is 11.6. The minimum Gasteiger partial charge on any atom is -0.390 e. The average Bonchev–Trinajstić information content (AvgIpc) is 3.31. The van der Waals surface area contributed by atoms with Gasteiger partial charge in [-0.25, -0.2) is 8.37 Å². The van der Waals surface area contributed by atoms with Gasteiger partial charge in [0, 0.05) is 0 Å². The van der Waals surface area contributed by atoms with Gasteiger partial charge in [-0.3, -0.25) is 9.11 Å². The molecular formula is C33H56O13S2. The van der Waals surface area contributed by atoms with Gasteiger partial charge in [0.1, 0.15) is 18.3 Å². The van der Waals surface area contributed by atoms with E-state index in [0.29, 0.717) is 25.2 Å². The highest BCUT2D eigenvalue weighted by Gasteiger charge is 2.62. The van der Waals surface area contributed by atoms with Crippen molar-refractivity contribution < 1.29 is 59.1 Å². The predicted molar refractivity (Wildman–Crippen MR) is 174 cm³/mol. The molecule has 278 valence electrons. The number of ether oxygens (including phenoxy) is 2. The Morgan fingerprint density at radius 3 is 2.29 bits per heavy atom. The molecule has 0 unspecified atom stereocenters. The Morgan fingerprint density at radius 2 is 1.67 bits per heavy atom. The Hall–Kier alpha value is -0.720. The van der Waals surface area contributed by atoms with E-state index in [0.717, 1.165) is 38.5 Å². The number of allylic oxidation sites excluding steroid dienone is 2. The third-order valence-corrected chi connectivity index (χ3v) is 13.7. The molecule has 0 aromatic rings. The van der Waals surface area contributed by atoms with Crippen LogP contribution in [-0.2, 0) is 38.6 Å². The van der Waals surface area contributed by atoms with Gasteiger partial charge in [-0.1, -0.05) is 52.2 Å². The molecule has 48 heavy (non-hydrogen) atoms. The van der Waals surface area contributed by atoms with Crippen LogP contribution in [0.15, 0.2) is 11.6 Å². The molecule has 1 saturated heterocycles. The van der Waals surface area contributed by atoms with Crippen LogP contribution in [0.3, 0.4) is 0 Å². The molecule has 1 heterocycles. The Kier molecular flexibility index (Phi) is 11.0. The summed E-state index contributed by atoms with van der Waals surface area (Å²) in [5.74, 6) is 0.669. The van der Waals surface area contributed by atoms with E-state index >= 15 is 0 Å². The molecule has 0 aromatic heterocycles. The number of aliphatic hydroxyl groups excluding tert-OH is 2. The lowest BCUT2D eigenvalue weighted by atomic mass is 9.47. The van der Waals surface area contributed by atoms with E-state index in [4.69, 9.17) is 13.7 Å². The highest BCUT2D eigenvalue weighted by Crippen LogP contribution is 2.67. The van der Waals surface area contributed by atoms with Gasteiger partial charge in [0.15, 0.2) is 6.29 Å². The van der Waals surface area contributed by atoms with E-state index in [1.807, 2.05) is 6.92 Å². The molecule has 1 aliphatic heterocycles. The van der Waals surface area contributed by atoms with Crippen LogP contribution in [0.2, 0.25) is 0 Å². The number of hydrogen-bond donors (Lipinski definition) is 5. The third kappa shape index (κ3) is 7.71. The van der Waals surface area contributed by atoms with Crippen LogP contribution in [0, 0.1) is 40.4 Å². The van der Waals surface area contributed by atoms with Crippen molar-refractivity contribution in [3.05, 3.63) is 11.6 Å². The molecule has 4 aliphatic carbocycles. The lowest BCUT2D eigenvalue weighted by Crippen LogP contribution is -2.61. The molecule has 4 fully saturated rings. The second kappa shape index (κ2) is 13.7. The van der Waals surface area contributed by atoms with Crippen LogP contribution >= 0.6 is 0 Å². The van der Waals surface area contributed by atoms with Crippen molar-refractivity contribution >= 4 is 20.8 Å². The van der Waals surface area contributed by atoms with E-state index < -0.39 is 74.7 Å². The molecule has 0 aromatic carbocycles. The zero-order valence-corrected chi connectivity index (χ0v) is 30.5. The maximum absolute atomic E-state index is 11.9. The predicted octanol–water partition coefficient (Wildman–Crippen LogP) is 3.98. The SMILES string of the molecule is CC(C)CCC[C@](C)(O)[C@H]1CC[C@H]2[C@@H]3C[C@H](O[C@@H]4O[C@H](C)[C@@H](OS(=O)(=O)O)[C@@H](O)[C@H]4O)[C@H]4C[C@@H](OS(=O)(=O)O)CC[C@]4(C)C3=CC[C@@]21C. The van der Waals surface area contributed by atoms with Crippen LogP contribution in [-0.4, -0.2) is 89.8 Å². The Bertz CT molecular complexity index is 1410. The lowest BCUT2D eigenvalue weighted by Gasteiger charge is -2.60. The molecule has 15 heteroatoms. The van der Waals surface area contributed by atoms with Crippen LogP contribution in [0.4, 0.5) is 0 Å². The first-order chi connectivity index (χ1) is 22.1. The number of rotatable bonds is 11. The summed E-state index contributed by atoms with van der Waals surface area (Å²) in [5, 5.41) is 33.7. The van der Waals surface area contributed by atoms with Crippen molar-refractivity contribution in [1.82, 2.24) is 0 Å². The number of hydrogen-bond acceptors (Lipinski definition) is 11. The van der Waals surface area contributed by atoms with Crippen molar-refractivity contribution in [3.8, 4) is 0 Å². The molecule has 0 amide bonds. The van der Waals surface area contributed by atoms with Crippen LogP contribution in [0.25, 0.3) is 0 Å². The molecule has 0 radical (unpaired) electrons. The molecule has 13 nitrogen and oxygen atoms in total. The normalized spacial score (nSPS) is 44.8. The summed E-state index contributed by atoms with van der Waals surface area (Å²) in [6.07, 6.45) is 0.518. The fraction of sp³-hybridized carbons (Fsp3) is 0.939. The second-order valence-corrected chi connectivity index (χ2v) is 18.5. The third-order valence-electron chi connectivity index (χ3n) is 12.8. The first kappa shape index (κ1) is 38.5. The van der Waals surface area contributed by atoms with Crippen LogP contribution in [0.5, 0.6) is 0 Å². The highest BCUT2D eigenvalue weighted by atomic mass is 32.3. The summed E-state index contributed by atoms with van der Waals surface area (Å²) in [6, 6.07) is 0.